The number of fused-ring (bicyclic) bond motifs is 3. The Labute approximate surface area is 132 Å². The summed E-state index contributed by atoms with van der Waals surface area (Å²) < 4.78 is 38.6. The van der Waals surface area contributed by atoms with Gasteiger partial charge in [0.15, 0.2) is 0 Å². The third-order valence-electron chi connectivity index (χ3n) is 2.88. The number of rotatable bonds is 1. The Hall–Kier alpha value is -0.850. The molecule has 0 N–H and O–H groups in total. The van der Waals surface area contributed by atoms with E-state index in [0.29, 0.717) is 16.6 Å². The predicted octanol–water partition coefficient (Wildman–Crippen LogP) is -0.197. The molecule has 0 radical (unpaired) electrons. The Balaban J connectivity index is 0.00000133. The van der Waals surface area contributed by atoms with E-state index in [9.17, 15) is 13.0 Å². The first-order valence-electron chi connectivity index (χ1n) is 5.34. The number of aryl methyl sites for hydroxylation is 1. The molecular formula is C13H9NaO4S. The third-order valence-corrected chi connectivity index (χ3v) is 3.72. The van der Waals surface area contributed by atoms with Crippen LogP contribution in [0.25, 0.3) is 21.9 Å². The van der Waals surface area contributed by atoms with E-state index in [-0.39, 0.29) is 34.5 Å². The van der Waals surface area contributed by atoms with Crippen molar-refractivity contribution >= 4 is 32.1 Å². The van der Waals surface area contributed by atoms with E-state index in [1.165, 1.54) is 18.2 Å². The number of hydrogen-bond acceptors (Lipinski definition) is 4. The molecule has 0 aliphatic carbocycles. The predicted molar refractivity (Wildman–Crippen MR) is 66.4 cm³/mol. The van der Waals surface area contributed by atoms with Crippen LogP contribution in [0.5, 0.6) is 0 Å². The average molecular weight is 284 g/mol. The van der Waals surface area contributed by atoms with Crippen molar-refractivity contribution in [3.63, 3.8) is 0 Å². The van der Waals surface area contributed by atoms with Crippen LogP contribution in [0.4, 0.5) is 0 Å². The van der Waals surface area contributed by atoms with Crippen molar-refractivity contribution in [1.29, 1.82) is 0 Å². The van der Waals surface area contributed by atoms with Crippen LogP contribution >= 0.6 is 0 Å². The van der Waals surface area contributed by atoms with Crippen LogP contribution < -0.4 is 29.6 Å². The molecular weight excluding hydrogens is 275 g/mol. The van der Waals surface area contributed by atoms with Crippen molar-refractivity contribution in [3.05, 3.63) is 42.0 Å². The fourth-order valence-corrected chi connectivity index (χ4v) is 2.52. The summed E-state index contributed by atoms with van der Waals surface area (Å²) in [7, 11) is -4.44. The van der Waals surface area contributed by atoms with Crippen molar-refractivity contribution in [1.82, 2.24) is 0 Å². The molecule has 4 nitrogen and oxygen atoms in total. The molecule has 0 unspecified atom stereocenters. The zero-order valence-corrected chi connectivity index (χ0v) is 13.3. The summed E-state index contributed by atoms with van der Waals surface area (Å²) in [5.41, 5.74) is 2.29. The Morgan fingerprint density at radius 1 is 1.00 bits per heavy atom. The van der Waals surface area contributed by atoms with Gasteiger partial charge in [0.25, 0.3) is 0 Å². The second kappa shape index (κ2) is 4.92. The summed E-state index contributed by atoms with van der Waals surface area (Å²) >= 11 is 0. The summed E-state index contributed by atoms with van der Waals surface area (Å²) in [5, 5.41) is 1.46. The Kier molecular flexibility index (Phi) is 3.77. The topological polar surface area (TPSA) is 70.3 Å². The minimum atomic E-state index is -4.44. The third kappa shape index (κ3) is 2.57. The summed E-state index contributed by atoms with van der Waals surface area (Å²) in [6.45, 7) is 1.94. The Bertz CT molecular complexity index is 865. The normalized spacial score (nSPS) is 11.7. The summed E-state index contributed by atoms with van der Waals surface area (Å²) in [4.78, 5) is -0.237. The van der Waals surface area contributed by atoms with Gasteiger partial charge in [0.05, 0.1) is 4.90 Å². The maximum Gasteiger partial charge on any atom is 1.00 e. The zero-order chi connectivity index (χ0) is 12.9. The number of furan rings is 1. The van der Waals surface area contributed by atoms with Crippen LogP contribution in [0.15, 0.2) is 45.7 Å². The molecule has 0 saturated heterocycles. The van der Waals surface area contributed by atoms with Crippen LogP contribution in [0, 0.1) is 6.92 Å². The van der Waals surface area contributed by atoms with Crippen LogP contribution in [0.3, 0.4) is 0 Å². The largest absolute Gasteiger partial charge is 1.00 e. The maximum absolute atomic E-state index is 11.0. The average Bonchev–Trinajstić information content (AvgIpc) is 2.65. The van der Waals surface area contributed by atoms with Gasteiger partial charge in [0, 0.05) is 10.8 Å². The summed E-state index contributed by atoms with van der Waals surface area (Å²) in [6.07, 6.45) is 0. The van der Waals surface area contributed by atoms with E-state index in [1.54, 1.807) is 0 Å². The fraction of sp³-hybridized carbons (Fsp3) is 0.0769. The molecule has 2 aromatic carbocycles. The Morgan fingerprint density at radius 3 is 2.21 bits per heavy atom. The minimum absolute atomic E-state index is 0. The van der Waals surface area contributed by atoms with E-state index in [1.807, 2.05) is 25.1 Å². The van der Waals surface area contributed by atoms with Gasteiger partial charge < -0.3 is 8.97 Å². The van der Waals surface area contributed by atoms with E-state index in [0.717, 1.165) is 10.9 Å². The van der Waals surface area contributed by atoms with Crippen LogP contribution in [0.1, 0.15) is 5.56 Å². The first-order chi connectivity index (χ1) is 8.45. The van der Waals surface area contributed by atoms with Gasteiger partial charge in [0.1, 0.15) is 21.3 Å². The fourth-order valence-electron chi connectivity index (χ4n) is 2.03. The van der Waals surface area contributed by atoms with Crippen molar-refractivity contribution in [3.8, 4) is 0 Å². The van der Waals surface area contributed by atoms with Crippen LogP contribution in [-0.4, -0.2) is 13.0 Å². The molecule has 1 aromatic heterocycles. The molecule has 0 aliphatic rings. The smallest absolute Gasteiger partial charge is 0.744 e. The van der Waals surface area contributed by atoms with Gasteiger partial charge in [0.2, 0.25) is 0 Å². The molecule has 0 saturated carbocycles. The van der Waals surface area contributed by atoms with E-state index in [4.69, 9.17) is 4.42 Å². The minimum Gasteiger partial charge on any atom is -0.744 e. The van der Waals surface area contributed by atoms with Crippen LogP contribution in [-0.2, 0) is 10.1 Å². The number of benzene rings is 2. The zero-order valence-electron chi connectivity index (χ0n) is 10.5. The first-order valence-corrected chi connectivity index (χ1v) is 6.75. The maximum atomic E-state index is 11.0. The van der Waals surface area contributed by atoms with Gasteiger partial charge in [-0.2, -0.15) is 0 Å². The molecule has 3 aromatic rings. The SMILES string of the molecule is Cc1ccc2oc3ccc(S(=O)(=O)[O-])cc3c2c1.[Na+]. The molecule has 1 heterocycles. The summed E-state index contributed by atoms with van der Waals surface area (Å²) in [5.74, 6) is 0. The molecule has 0 aliphatic heterocycles. The second-order valence-corrected chi connectivity index (χ2v) is 5.59. The standard InChI is InChI=1S/C13H10O4S.Na/c1-8-2-4-12-10(6-8)11-7-9(18(14,15)16)3-5-13(11)17-12;/h2-7H,1H3,(H,14,15,16);/q;+1/p-1. The van der Waals surface area contributed by atoms with Crippen molar-refractivity contribution in [2.24, 2.45) is 0 Å². The molecule has 0 fully saturated rings. The Morgan fingerprint density at radius 2 is 1.58 bits per heavy atom. The van der Waals surface area contributed by atoms with Crippen molar-refractivity contribution in [2.75, 3.05) is 0 Å². The molecule has 3 rings (SSSR count). The second-order valence-electron chi connectivity index (χ2n) is 4.21. The van der Waals surface area contributed by atoms with Gasteiger partial charge in [-0.15, -0.1) is 0 Å². The summed E-state index contributed by atoms with van der Waals surface area (Å²) in [6, 6.07) is 9.78. The van der Waals surface area contributed by atoms with Gasteiger partial charge >= 0.3 is 29.6 Å². The number of hydrogen-bond donors (Lipinski definition) is 0. The van der Waals surface area contributed by atoms with E-state index < -0.39 is 10.1 Å². The first kappa shape index (κ1) is 14.6. The quantitative estimate of drug-likeness (QED) is 0.458. The molecule has 0 spiro atoms. The van der Waals surface area contributed by atoms with Gasteiger partial charge in [-0.3, -0.25) is 0 Å². The van der Waals surface area contributed by atoms with Gasteiger partial charge in [-0.05, 0) is 37.3 Å². The molecule has 0 amide bonds. The molecule has 19 heavy (non-hydrogen) atoms. The van der Waals surface area contributed by atoms with Gasteiger partial charge in [-0.25, -0.2) is 8.42 Å². The van der Waals surface area contributed by atoms with E-state index >= 15 is 0 Å². The molecule has 6 heteroatoms. The van der Waals surface area contributed by atoms with Gasteiger partial charge in [-0.1, -0.05) is 11.6 Å². The molecule has 92 valence electrons. The molecule has 0 bridgehead atoms. The van der Waals surface area contributed by atoms with Crippen molar-refractivity contribution < 1.29 is 46.9 Å². The van der Waals surface area contributed by atoms with E-state index in [2.05, 4.69) is 0 Å². The monoisotopic (exact) mass is 284 g/mol. The molecule has 0 atom stereocenters. The van der Waals surface area contributed by atoms with Crippen molar-refractivity contribution in [2.45, 2.75) is 11.8 Å². The van der Waals surface area contributed by atoms with Crippen LogP contribution in [0.2, 0.25) is 0 Å².